The fourth-order valence-corrected chi connectivity index (χ4v) is 4.43. The van der Waals surface area contributed by atoms with Gasteiger partial charge in [-0.25, -0.2) is 9.97 Å². The van der Waals surface area contributed by atoms with Crippen molar-refractivity contribution in [3.05, 3.63) is 90.4 Å². The van der Waals surface area contributed by atoms with E-state index >= 15 is 0 Å². The molecule has 1 N–H and O–H groups in total. The van der Waals surface area contributed by atoms with Crippen molar-refractivity contribution in [2.75, 3.05) is 0 Å². The number of fused-ring (bicyclic) bond motifs is 1. The molecule has 5 heteroatoms. The normalized spacial score (nSPS) is 11.2. The van der Waals surface area contributed by atoms with Crippen LogP contribution in [-0.4, -0.2) is 19.6 Å². The van der Waals surface area contributed by atoms with E-state index in [9.17, 15) is 5.11 Å². The van der Waals surface area contributed by atoms with Gasteiger partial charge in [0.05, 0.1) is 35.0 Å². The summed E-state index contributed by atoms with van der Waals surface area (Å²) in [5.41, 5.74) is 7.46. The number of thiazole rings is 1. The van der Waals surface area contributed by atoms with Gasteiger partial charge in [0.15, 0.2) is 0 Å². The molecule has 2 heterocycles. The zero-order valence-corrected chi connectivity index (χ0v) is 16.7. The van der Waals surface area contributed by atoms with E-state index in [1.165, 1.54) is 5.56 Å². The minimum atomic E-state index is 0.0477. The molecule has 3 aromatic carbocycles. The molecule has 0 radical (unpaired) electrons. The van der Waals surface area contributed by atoms with Crippen LogP contribution >= 0.6 is 11.3 Å². The van der Waals surface area contributed by atoms with Gasteiger partial charge in [-0.05, 0) is 48.9 Å². The van der Waals surface area contributed by atoms with E-state index in [2.05, 4.69) is 65.0 Å². The Labute approximate surface area is 172 Å². The van der Waals surface area contributed by atoms with Gasteiger partial charge in [-0.1, -0.05) is 35.9 Å². The van der Waals surface area contributed by atoms with E-state index in [0.29, 0.717) is 0 Å². The molecule has 0 amide bonds. The van der Waals surface area contributed by atoms with Crippen molar-refractivity contribution in [3.8, 4) is 27.5 Å². The highest BCUT2D eigenvalue weighted by Crippen LogP contribution is 2.32. The second-order valence-corrected chi connectivity index (χ2v) is 8.07. The van der Waals surface area contributed by atoms with Crippen LogP contribution in [0.3, 0.4) is 0 Å². The third-order valence-corrected chi connectivity index (χ3v) is 6.08. The molecule has 0 fully saturated rings. The van der Waals surface area contributed by atoms with Crippen molar-refractivity contribution in [2.45, 2.75) is 13.5 Å². The Morgan fingerprint density at radius 3 is 2.45 bits per heavy atom. The summed E-state index contributed by atoms with van der Waals surface area (Å²) in [6, 6.07) is 22.8. The number of benzene rings is 3. The largest absolute Gasteiger partial charge is 0.392 e. The Morgan fingerprint density at radius 1 is 0.931 bits per heavy atom. The molecule has 0 atom stereocenters. The molecule has 0 aliphatic carbocycles. The molecule has 0 saturated carbocycles. The molecule has 0 aliphatic rings. The summed E-state index contributed by atoms with van der Waals surface area (Å²) in [5, 5.41) is 10.3. The van der Waals surface area contributed by atoms with Crippen LogP contribution in [0.2, 0.25) is 0 Å². The lowest BCUT2D eigenvalue weighted by atomic mass is 10.1. The number of imidazole rings is 1. The lowest BCUT2D eigenvalue weighted by molar-refractivity contribution is 0.282. The number of rotatable bonds is 4. The van der Waals surface area contributed by atoms with Crippen molar-refractivity contribution in [1.82, 2.24) is 14.5 Å². The van der Waals surface area contributed by atoms with Gasteiger partial charge in [0.1, 0.15) is 5.01 Å². The van der Waals surface area contributed by atoms with Crippen LogP contribution in [0.1, 0.15) is 11.1 Å². The number of aryl methyl sites for hydroxylation is 1. The van der Waals surface area contributed by atoms with Gasteiger partial charge >= 0.3 is 0 Å². The fourth-order valence-electron chi connectivity index (χ4n) is 3.39. The van der Waals surface area contributed by atoms with Crippen LogP contribution in [0.5, 0.6) is 0 Å². The van der Waals surface area contributed by atoms with Crippen LogP contribution < -0.4 is 0 Å². The first kappa shape index (κ1) is 17.8. The average molecular weight is 398 g/mol. The number of aromatic nitrogens is 3. The number of aliphatic hydroxyl groups excluding tert-OH is 1. The third-order valence-electron chi connectivity index (χ3n) is 5.01. The maximum Gasteiger partial charge on any atom is 0.124 e. The third kappa shape index (κ3) is 3.35. The first-order chi connectivity index (χ1) is 14.2. The molecule has 0 aliphatic heterocycles. The van der Waals surface area contributed by atoms with E-state index in [-0.39, 0.29) is 6.61 Å². The molecule has 0 bridgehead atoms. The second-order valence-electron chi connectivity index (χ2n) is 7.04. The molecule has 5 aromatic rings. The smallest absolute Gasteiger partial charge is 0.124 e. The lowest BCUT2D eigenvalue weighted by Gasteiger charge is -2.09. The molecule has 0 saturated heterocycles. The zero-order chi connectivity index (χ0) is 19.8. The minimum Gasteiger partial charge on any atom is -0.392 e. The highest BCUT2D eigenvalue weighted by Gasteiger charge is 2.10. The zero-order valence-electron chi connectivity index (χ0n) is 15.9. The molecule has 142 valence electrons. The van der Waals surface area contributed by atoms with Gasteiger partial charge in [-0.15, -0.1) is 11.3 Å². The standard InChI is InChI=1S/C24H19N3OS/c1-16-2-5-18(6-3-16)22-13-25-15-27(22)20-9-7-19(8-10-20)24-26-21-11-4-17(14-28)12-23(21)29-24/h2-13,15,28H,14H2,1H3. The maximum absolute atomic E-state index is 9.34. The van der Waals surface area contributed by atoms with Crippen LogP contribution in [0.15, 0.2) is 79.3 Å². The molecule has 4 nitrogen and oxygen atoms in total. The second kappa shape index (κ2) is 7.28. The SMILES string of the molecule is Cc1ccc(-c2cncn2-c2ccc(-c3nc4ccc(CO)cc4s3)cc2)cc1. The Balaban J connectivity index is 1.48. The van der Waals surface area contributed by atoms with Crippen molar-refractivity contribution < 1.29 is 5.11 Å². The van der Waals surface area contributed by atoms with E-state index in [0.717, 1.165) is 43.3 Å². The first-order valence-electron chi connectivity index (χ1n) is 9.42. The van der Waals surface area contributed by atoms with E-state index in [1.54, 1.807) is 11.3 Å². The molecule has 29 heavy (non-hydrogen) atoms. The predicted molar refractivity (Wildman–Crippen MR) is 118 cm³/mol. The number of nitrogens with zero attached hydrogens (tertiary/aromatic N) is 3. The van der Waals surface area contributed by atoms with Crippen molar-refractivity contribution >= 4 is 21.6 Å². The fraction of sp³-hybridized carbons (Fsp3) is 0.0833. The summed E-state index contributed by atoms with van der Waals surface area (Å²) in [4.78, 5) is 9.10. The van der Waals surface area contributed by atoms with Gasteiger partial charge in [0.25, 0.3) is 0 Å². The summed E-state index contributed by atoms with van der Waals surface area (Å²) in [6.45, 7) is 2.14. The molecular weight excluding hydrogens is 378 g/mol. The number of hydrogen-bond acceptors (Lipinski definition) is 4. The Hall–Kier alpha value is -3.28. The van der Waals surface area contributed by atoms with Gasteiger partial charge in [0.2, 0.25) is 0 Å². The first-order valence-corrected chi connectivity index (χ1v) is 10.2. The van der Waals surface area contributed by atoms with Gasteiger partial charge in [-0.2, -0.15) is 0 Å². The van der Waals surface area contributed by atoms with Crippen LogP contribution in [-0.2, 0) is 6.61 Å². The quantitative estimate of drug-likeness (QED) is 0.428. The van der Waals surface area contributed by atoms with Crippen LogP contribution in [0, 0.1) is 6.92 Å². The summed E-state index contributed by atoms with van der Waals surface area (Å²) in [6.07, 6.45) is 3.74. The molecule has 0 spiro atoms. The van der Waals surface area contributed by atoms with Gasteiger partial charge < -0.3 is 5.11 Å². The predicted octanol–water partition coefficient (Wildman–Crippen LogP) is 5.62. The number of aliphatic hydroxyl groups is 1. The topological polar surface area (TPSA) is 50.9 Å². The van der Waals surface area contributed by atoms with E-state index in [1.807, 2.05) is 30.7 Å². The van der Waals surface area contributed by atoms with Crippen LogP contribution in [0.4, 0.5) is 0 Å². The summed E-state index contributed by atoms with van der Waals surface area (Å²) >= 11 is 1.64. The summed E-state index contributed by atoms with van der Waals surface area (Å²) in [7, 11) is 0. The molecule has 5 rings (SSSR count). The summed E-state index contributed by atoms with van der Waals surface area (Å²) in [5.74, 6) is 0. The van der Waals surface area contributed by atoms with Gasteiger partial charge in [0, 0.05) is 16.8 Å². The maximum atomic E-state index is 9.34. The van der Waals surface area contributed by atoms with Crippen LogP contribution in [0.25, 0.3) is 37.7 Å². The van der Waals surface area contributed by atoms with Gasteiger partial charge in [-0.3, -0.25) is 4.57 Å². The van der Waals surface area contributed by atoms with Crippen molar-refractivity contribution in [1.29, 1.82) is 0 Å². The monoisotopic (exact) mass is 397 g/mol. The molecular formula is C24H19N3OS. The average Bonchev–Trinajstić information content (AvgIpc) is 3.41. The van der Waals surface area contributed by atoms with E-state index < -0.39 is 0 Å². The Kier molecular flexibility index (Phi) is 4.46. The van der Waals surface area contributed by atoms with Crippen molar-refractivity contribution in [2.24, 2.45) is 0 Å². The minimum absolute atomic E-state index is 0.0477. The lowest BCUT2D eigenvalue weighted by Crippen LogP contribution is -1.95. The Morgan fingerprint density at radius 2 is 1.69 bits per heavy atom. The van der Waals surface area contributed by atoms with E-state index in [4.69, 9.17) is 4.98 Å². The highest BCUT2D eigenvalue weighted by atomic mass is 32.1. The molecule has 2 aromatic heterocycles. The number of hydrogen-bond donors (Lipinski definition) is 1. The summed E-state index contributed by atoms with van der Waals surface area (Å²) < 4.78 is 3.19. The highest BCUT2D eigenvalue weighted by molar-refractivity contribution is 7.21. The Bertz CT molecular complexity index is 1280. The molecule has 0 unspecified atom stereocenters. The van der Waals surface area contributed by atoms with Crippen molar-refractivity contribution in [3.63, 3.8) is 0 Å².